The summed E-state index contributed by atoms with van der Waals surface area (Å²) < 4.78 is 5.35. The van der Waals surface area contributed by atoms with Gasteiger partial charge in [0.2, 0.25) is 11.5 Å². The Morgan fingerprint density at radius 3 is 2.53 bits per heavy atom. The minimum Gasteiger partial charge on any atom is -0.378 e. The fourth-order valence-corrected chi connectivity index (χ4v) is 6.78. The summed E-state index contributed by atoms with van der Waals surface area (Å²) in [5.74, 6) is 2.04. The van der Waals surface area contributed by atoms with Gasteiger partial charge < -0.3 is 9.64 Å². The molecule has 164 valence electrons. The molecule has 6 nitrogen and oxygen atoms in total. The number of aryl methyl sites for hydroxylation is 1. The number of halogens is 1. The maximum Gasteiger partial charge on any atom is 0.238 e. The summed E-state index contributed by atoms with van der Waals surface area (Å²) in [5, 5.41) is 7.26. The van der Waals surface area contributed by atoms with Gasteiger partial charge >= 0.3 is 0 Å². The number of nitrogens with one attached hydrogen (secondary N) is 1. The molecule has 8 heteroatoms. The summed E-state index contributed by atoms with van der Waals surface area (Å²) in [4.78, 5) is 13.6. The van der Waals surface area contributed by atoms with Crippen LogP contribution >= 0.6 is 27.3 Å². The first-order valence-corrected chi connectivity index (χ1v) is 12.6. The Kier molecular flexibility index (Phi) is 6.23. The third kappa shape index (κ3) is 3.59. The van der Waals surface area contributed by atoms with E-state index >= 15 is 0 Å². The SMILES string of the molecule is CCC(CC)C1C2=NC(C)=C(c3sc(N4CCOCC4)nc3C)[NH+]2N=C(C)C1(C)Br. The standard InChI is InChI=1S/C22H32BrN5OS/c1-7-16(8-2)17-20-24-13(3)18(28(20)26-15(5)22(17,6)23)19-14(4)25-21(30-19)27-9-11-29-12-10-27/h16-17H,7-12H2,1-6H3/p+1. The van der Waals surface area contributed by atoms with E-state index in [1.165, 1.54) is 10.6 Å². The predicted octanol–water partition coefficient (Wildman–Crippen LogP) is 3.87. The molecule has 4 rings (SSSR count). The third-order valence-electron chi connectivity index (χ3n) is 6.81. The highest BCUT2D eigenvalue weighted by molar-refractivity contribution is 9.10. The molecular weight excluding hydrogens is 462 g/mol. The average Bonchev–Trinajstić information content (AvgIpc) is 3.25. The van der Waals surface area contributed by atoms with Crippen LogP contribution < -0.4 is 9.91 Å². The highest BCUT2D eigenvalue weighted by atomic mass is 79.9. The number of hydrogen-bond acceptors (Lipinski definition) is 6. The first-order chi connectivity index (χ1) is 14.3. The van der Waals surface area contributed by atoms with E-state index in [0.29, 0.717) is 11.8 Å². The van der Waals surface area contributed by atoms with E-state index in [-0.39, 0.29) is 4.32 Å². The molecule has 3 aliphatic heterocycles. The number of aromatic nitrogens is 1. The summed E-state index contributed by atoms with van der Waals surface area (Å²) in [5.41, 5.74) is 4.45. The highest BCUT2D eigenvalue weighted by Gasteiger charge is 2.54. The molecule has 3 aliphatic rings. The Bertz CT molecular complexity index is 909. The molecule has 0 bridgehead atoms. The monoisotopic (exact) mass is 494 g/mol. The van der Waals surface area contributed by atoms with Crippen molar-refractivity contribution in [3.05, 3.63) is 16.3 Å². The normalized spacial score (nSPS) is 29.4. The smallest absolute Gasteiger partial charge is 0.238 e. The fraction of sp³-hybridized carbons (Fsp3) is 0.682. The van der Waals surface area contributed by atoms with Crippen molar-refractivity contribution in [2.45, 2.75) is 58.7 Å². The number of alkyl halides is 1. The van der Waals surface area contributed by atoms with Crippen molar-refractivity contribution in [3.8, 4) is 0 Å². The lowest BCUT2D eigenvalue weighted by Gasteiger charge is -2.39. The van der Waals surface area contributed by atoms with Crippen LogP contribution in [0.25, 0.3) is 5.70 Å². The Morgan fingerprint density at radius 2 is 1.90 bits per heavy atom. The maximum atomic E-state index is 5.51. The molecule has 0 saturated carbocycles. The zero-order valence-corrected chi connectivity index (χ0v) is 21.3. The summed E-state index contributed by atoms with van der Waals surface area (Å²) in [7, 11) is 0. The molecule has 1 aromatic heterocycles. The minimum atomic E-state index is -0.163. The largest absolute Gasteiger partial charge is 0.378 e. The molecule has 3 unspecified atom stereocenters. The first-order valence-electron chi connectivity index (χ1n) is 11.0. The number of allylic oxidation sites excluding steroid dienone is 1. The van der Waals surface area contributed by atoms with E-state index in [4.69, 9.17) is 19.8 Å². The lowest BCUT2D eigenvalue weighted by atomic mass is 9.75. The molecule has 4 heterocycles. The Morgan fingerprint density at radius 1 is 1.23 bits per heavy atom. The van der Waals surface area contributed by atoms with Crippen LogP contribution in [-0.4, -0.2) is 47.2 Å². The number of fused-ring (bicyclic) bond motifs is 1. The van der Waals surface area contributed by atoms with Gasteiger partial charge in [-0.25, -0.2) is 4.98 Å². The van der Waals surface area contributed by atoms with Gasteiger partial charge in [0.15, 0.2) is 5.13 Å². The van der Waals surface area contributed by atoms with Crippen LogP contribution in [0.3, 0.4) is 0 Å². The van der Waals surface area contributed by atoms with Crippen LogP contribution in [0.1, 0.15) is 58.0 Å². The van der Waals surface area contributed by atoms with Crippen LogP contribution in [-0.2, 0) is 4.74 Å². The van der Waals surface area contributed by atoms with Gasteiger partial charge in [-0.3, -0.25) is 0 Å². The zero-order valence-electron chi connectivity index (χ0n) is 18.9. The number of thiazole rings is 1. The van der Waals surface area contributed by atoms with Crippen molar-refractivity contribution in [2.75, 3.05) is 31.2 Å². The second-order valence-corrected chi connectivity index (χ2v) is 11.3. The van der Waals surface area contributed by atoms with E-state index < -0.39 is 0 Å². The number of anilines is 1. The van der Waals surface area contributed by atoms with Crippen LogP contribution in [0.5, 0.6) is 0 Å². The van der Waals surface area contributed by atoms with Crippen LogP contribution in [0.15, 0.2) is 15.8 Å². The van der Waals surface area contributed by atoms with Crippen LogP contribution in [0.4, 0.5) is 5.13 Å². The molecule has 1 fully saturated rings. The molecule has 1 aromatic rings. The second-order valence-electron chi connectivity index (χ2n) is 8.64. The molecule has 0 aromatic carbocycles. The molecule has 3 atom stereocenters. The van der Waals surface area contributed by atoms with Crippen molar-refractivity contribution in [1.82, 2.24) is 4.98 Å². The fourth-order valence-electron chi connectivity index (χ4n) is 4.88. The number of ether oxygens (including phenoxy) is 1. The average molecular weight is 496 g/mol. The summed E-state index contributed by atoms with van der Waals surface area (Å²) in [6.45, 7) is 16.6. The van der Waals surface area contributed by atoms with Crippen molar-refractivity contribution in [2.24, 2.45) is 21.9 Å². The minimum absolute atomic E-state index is 0.163. The van der Waals surface area contributed by atoms with Gasteiger partial charge in [0, 0.05) is 13.1 Å². The molecule has 1 saturated heterocycles. The van der Waals surface area contributed by atoms with Crippen molar-refractivity contribution >= 4 is 49.6 Å². The van der Waals surface area contributed by atoms with Crippen LogP contribution in [0.2, 0.25) is 0 Å². The number of hydrogen-bond donors (Lipinski definition) is 1. The topological polar surface area (TPSA) is 54.5 Å². The quantitative estimate of drug-likeness (QED) is 0.632. The number of amidine groups is 1. The first kappa shape index (κ1) is 22.1. The van der Waals surface area contributed by atoms with Crippen LogP contribution in [0, 0.1) is 18.8 Å². The number of rotatable bonds is 5. The Balaban J connectivity index is 1.74. The lowest BCUT2D eigenvalue weighted by Crippen LogP contribution is -3.09. The predicted molar refractivity (Wildman–Crippen MR) is 129 cm³/mol. The number of aliphatic imine (C=N–C) groups is 1. The van der Waals surface area contributed by atoms with E-state index in [9.17, 15) is 0 Å². The number of morpholine rings is 1. The van der Waals surface area contributed by atoms with Crippen molar-refractivity contribution < 1.29 is 9.75 Å². The summed E-state index contributed by atoms with van der Waals surface area (Å²) >= 11 is 5.81. The van der Waals surface area contributed by atoms with E-state index in [0.717, 1.165) is 72.2 Å². The third-order valence-corrected chi connectivity index (χ3v) is 9.11. The van der Waals surface area contributed by atoms with Gasteiger partial charge in [-0.1, -0.05) is 59.1 Å². The van der Waals surface area contributed by atoms with Gasteiger partial charge in [-0.2, -0.15) is 4.99 Å². The van der Waals surface area contributed by atoms with Gasteiger partial charge in [-0.05, 0) is 33.6 Å². The summed E-state index contributed by atoms with van der Waals surface area (Å²) in [6.07, 6.45) is 2.27. The van der Waals surface area contributed by atoms with Crippen molar-refractivity contribution in [3.63, 3.8) is 0 Å². The van der Waals surface area contributed by atoms with Gasteiger partial charge in [0.05, 0.1) is 34.9 Å². The summed E-state index contributed by atoms with van der Waals surface area (Å²) in [6, 6.07) is 0. The second kappa shape index (κ2) is 8.45. The molecule has 0 radical (unpaired) electrons. The van der Waals surface area contributed by atoms with Gasteiger partial charge in [0.1, 0.15) is 10.6 Å². The zero-order chi connectivity index (χ0) is 21.6. The van der Waals surface area contributed by atoms with Gasteiger partial charge in [0.25, 0.3) is 0 Å². The van der Waals surface area contributed by atoms with Gasteiger partial charge in [-0.15, -0.1) is 5.01 Å². The van der Waals surface area contributed by atoms with E-state index in [1.807, 2.05) is 0 Å². The number of nitrogens with zero attached hydrogens (tertiary/aromatic N) is 4. The Labute approximate surface area is 192 Å². The lowest BCUT2D eigenvalue weighted by molar-refractivity contribution is -0.734. The maximum absolute atomic E-state index is 5.51. The van der Waals surface area contributed by atoms with Crippen molar-refractivity contribution in [1.29, 1.82) is 0 Å². The van der Waals surface area contributed by atoms with E-state index in [2.05, 4.69) is 62.4 Å². The highest BCUT2D eigenvalue weighted by Crippen LogP contribution is 2.41. The number of quaternary nitrogens is 1. The Hall–Kier alpha value is -1.09. The molecule has 0 aliphatic carbocycles. The molecule has 30 heavy (non-hydrogen) atoms. The molecular formula is C22H33BrN5OS+. The van der Waals surface area contributed by atoms with E-state index in [1.54, 1.807) is 11.3 Å². The molecule has 0 spiro atoms. The molecule has 1 N–H and O–H groups in total. The molecule has 0 amide bonds.